The highest BCUT2D eigenvalue weighted by Crippen LogP contribution is 2.43. The van der Waals surface area contributed by atoms with E-state index >= 15 is 0 Å². The minimum Gasteiger partial charge on any atom is -0.396 e. The van der Waals surface area contributed by atoms with Crippen LogP contribution in [0.5, 0.6) is 0 Å². The highest BCUT2D eigenvalue weighted by molar-refractivity contribution is 5.18. The summed E-state index contributed by atoms with van der Waals surface area (Å²) in [6, 6.07) is 0. The smallest absolute Gasteiger partial charge is 0.0891 e. The summed E-state index contributed by atoms with van der Waals surface area (Å²) in [6.07, 6.45) is 10.0. The van der Waals surface area contributed by atoms with Gasteiger partial charge in [-0.15, -0.1) is 12.3 Å². The first-order valence-electron chi connectivity index (χ1n) is 5.60. The van der Waals surface area contributed by atoms with E-state index in [0.29, 0.717) is 19.3 Å². The molecule has 2 atom stereocenters. The van der Waals surface area contributed by atoms with Crippen molar-refractivity contribution in [3.8, 4) is 12.3 Å². The Bertz CT molecular complexity index is 264. The summed E-state index contributed by atoms with van der Waals surface area (Å²) in [5.41, 5.74) is 0.0657. The van der Waals surface area contributed by atoms with Crippen molar-refractivity contribution in [2.45, 2.75) is 44.1 Å². The quantitative estimate of drug-likeness (QED) is 0.535. The first-order chi connectivity index (χ1) is 7.15. The number of aliphatic hydroxyl groups excluding tert-OH is 1. The van der Waals surface area contributed by atoms with Crippen molar-refractivity contribution in [2.24, 2.45) is 5.92 Å². The molecule has 1 aliphatic rings. The van der Waals surface area contributed by atoms with Gasteiger partial charge in [0.25, 0.3) is 0 Å². The van der Waals surface area contributed by atoms with Gasteiger partial charge in [0.1, 0.15) is 0 Å². The van der Waals surface area contributed by atoms with Crippen molar-refractivity contribution in [1.82, 2.24) is 0 Å². The van der Waals surface area contributed by atoms with Crippen LogP contribution in [0.4, 0.5) is 0 Å². The molecule has 1 fully saturated rings. The Morgan fingerprint density at radius 1 is 1.60 bits per heavy atom. The standard InChI is InChI=1S/C13H20O2/c1-3-6-12-8-4-9-13(12,15)11(2)7-5-10-14/h1,12,14-15H,2,4-10H2/t12-,13-/m0/s1. The molecule has 0 aromatic heterocycles. The van der Waals surface area contributed by atoms with Gasteiger partial charge >= 0.3 is 0 Å². The van der Waals surface area contributed by atoms with E-state index < -0.39 is 5.60 Å². The first kappa shape index (κ1) is 12.3. The highest BCUT2D eigenvalue weighted by atomic mass is 16.3. The van der Waals surface area contributed by atoms with Gasteiger partial charge in [0.2, 0.25) is 0 Å². The monoisotopic (exact) mass is 208 g/mol. The van der Waals surface area contributed by atoms with Gasteiger partial charge in [0.15, 0.2) is 0 Å². The molecule has 2 nitrogen and oxygen atoms in total. The summed E-state index contributed by atoms with van der Waals surface area (Å²) in [7, 11) is 0. The molecule has 0 unspecified atom stereocenters. The van der Waals surface area contributed by atoms with E-state index in [1.165, 1.54) is 0 Å². The van der Waals surface area contributed by atoms with E-state index in [4.69, 9.17) is 11.5 Å². The second kappa shape index (κ2) is 5.34. The molecule has 0 radical (unpaired) electrons. The summed E-state index contributed by atoms with van der Waals surface area (Å²) in [5, 5.41) is 19.3. The maximum atomic E-state index is 10.5. The molecule has 2 N–H and O–H groups in total. The molecule has 0 aromatic rings. The van der Waals surface area contributed by atoms with Crippen LogP contribution in [0.15, 0.2) is 12.2 Å². The molecule has 2 heteroatoms. The number of aliphatic hydroxyl groups is 2. The Morgan fingerprint density at radius 2 is 2.33 bits per heavy atom. The molecule has 0 aliphatic heterocycles. The van der Waals surface area contributed by atoms with Crippen molar-refractivity contribution in [3.63, 3.8) is 0 Å². The van der Waals surface area contributed by atoms with E-state index in [2.05, 4.69) is 12.5 Å². The van der Waals surface area contributed by atoms with Crippen LogP contribution in [-0.4, -0.2) is 22.4 Å². The third-order valence-electron chi connectivity index (χ3n) is 3.40. The molecular formula is C13H20O2. The maximum absolute atomic E-state index is 10.5. The molecule has 1 rings (SSSR count). The number of terminal acetylenes is 1. The lowest BCUT2D eigenvalue weighted by molar-refractivity contribution is 0.0373. The Balaban J connectivity index is 2.63. The predicted octanol–water partition coefficient (Wildman–Crippen LogP) is 1.87. The lowest BCUT2D eigenvalue weighted by Crippen LogP contribution is -2.35. The van der Waals surface area contributed by atoms with Gasteiger partial charge in [0, 0.05) is 18.9 Å². The zero-order valence-electron chi connectivity index (χ0n) is 9.21. The fourth-order valence-electron chi connectivity index (χ4n) is 2.45. The summed E-state index contributed by atoms with van der Waals surface area (Å²) < 4.78 is 0. The summed E-state index contributed by atoms with van der Waals surface area (Å²) in [4.78, 5) is 0. The molecule has 1 aliphatic carbocycles. The number of rotatable bonds is 5. The topological polar surface area (TPSA) is 40.5 Å². The Kier molecular flexibility index (Phi) is 4.38. The average molecular weight is 208 g/mol. The summed E-state index contributed by atoms with van der Waals surface area (Å²) in [6.45, 7) is 4.10. The predicted molar refractivity (Wildman–Crippen MR) is 61.2 cm³/mol. The third-order valence-corrected chi connectivity index (χ3v) is 3.40. The average Bonchev–Trinajstić information content (AvgIpc) is 2.59. The van der Waals surface area contributed by atoms with Crippen LogP contribution in [0.25, 0.3) is 0 Å². The first-order valence-corrected chi connectivity index (χ1v) is 5.60. The van der Waals surface area contributed by atoms with E-state index in [0.717, 1.165) is 24.8 Å². The largest absolute Gasteiger partial charge is 0.396 e. The van der Waals surface area contributed by atoms with Crippen molar-refractivity contribution in [2.75, 3.05) is 6.61 Å². The van der Waals surface area contributed by atoms with Gasteiger partial charge in [-0.3, -0.25) is 0 Å². The van der Waals surface area contributed by atoms with Gasteiger partial charge in [-0.05, 0) is 37.7 Å². The van der Waals surface area contributed by atoms with Crippen LogP contribution in [0, 0.1) is 18.3 Å². The van der Waals surface area contributed by atoms with Crippen LogP contribution in [-0.2, 0) is 0 Å². The molecule has 1 saturated carbocycles. The minimum absolute atomic E-state index is 0.148. The van der Waals surface area contributed by atoms with E-state index in [1.54, 1.807) is 0 Å². The van der Waals surface area contributed by atoms with Crippen molar-refractivity contribution >= 4 is 0 Å². The summed E-state index contributed by atoms with van der Waals surface area (Å²) >= 11 is 0. The summed E-state index contributed by atoms with van der Waals surface area (Å²) in [5.74, 6) is 2.79. The minimum atomic E-state index is -0.776. The Hall–Kier alpha value is -0.780. The van der Waals surface area contributed by atoms with Crippen LogP contribution >= 0.6 is 0 Å². The molecular weight excluding hydrogens is 188 g/mol. The fraction of sp³-hybridized carbons (Fsp3) is 0.692. The Labute approximate surface area is 92.0 Å². The normalized spacial score (nSPS) is 30.1. The van der Waals surface area contributed by atoms with Crippen LogP contribution in [0.2, 0.25) is 0 Å². The van der Waals surface area contributed by atoms with E-state index in [9.17, 15) is 5.11 Å². The molecule has 0 amide bonds. The molecule has 15 heavy (non-hydrogen) atoms. The molecule has 0 heterocycles. The van der Waals surface area contributed by atoms with E-state index in [1.807, 2.05) is 0 Å². The van der Waals surface area contributed by atoms with Gasteiger partial charge < -0.3 is 10.2 Å². The lowest BCUT2D eigenvalue weighted by Gasteiger charge is -2.31. The van der Waals surface area contributed by atoms with Gasteiger partial charge in [0.05, 0.1) is 5.60 Å². The second-order valence-corrected chi connectivity index (χ2v) is 4.35. The van der Waals surface area contributed by atoms with E-state index in [-0.39, 0.29) is 12.5 Å². The van der Waals surface area contributed by atoms with Gasteiger partial charge in [-0.25, -0.2) is 0 Å². The molecule has 0 spiro atoms. The molecule has 84 valence electrons. The van der Waals surface area contributed by atoms with Crippen molar-refractivity contribution in [3.05, 3.63) is 12.2 Å². The number of hydrogen-bond acceptors (Lipinski definition) is 2. The lowest BCUT2D eigenvalue weighted by atomic mass is 9.81. The van der Waals surface area contributed by atoms with Gasteiger partial charge in [-0.1, -0.05) is 6.58 Å². The zero-order chi connectivity index (χ0) is 11.3. The molecule has 0 bridgehead atoms. The SMILES string of the molecule is C#CC[C@H]1CCC[C@]1(O)C(=C)CCCO. The third kappa shape index (κ3) is 2.62. The van der Waals surface area contributed by atoms with Crippen molar-refractivity contribution in [1.29, 1.82) is 0 Å². The Morgan fingerprint density at radius 3 is 2.93 bits per heavy atom. The second-order valence-electron chi connectivity index (χ2n) is 4.35. The van der Waals surface area contributed by atoms with Crippen LogP contribution in [0.3, 0.4) is 0 Å². The van der Waals surface area contributed by atoms with Gasteiger partial charge in [-0.2, -0.15) is 0 Å². The van der Waals surface area contributed by atoms with Crippen molar-refractivity contribution < 1.29 is 10.2 Å². The maximum Gasteiger partial charge on any atom is 0.0891 e. The number of hydrogen-bond donors (Lipinski definition) is 2. The zero-order valence-corrected chi connectivity index (χ0v) is 9.21. The van der Waals surface area contributed by atoms with Crippen LogP contribution < -0.4 is 0 Å². The fourth-order valence-corrected chi connectivity index (χ4v) is 2.45. The van der Waals surface area contributed by atoms with Crippen LogP contribution in [0.1, 0.15) is 38.5 Å². The highest BCUT2D eigenvalue weighted by Gasteiger charge is 2.42. The molecule has 0 saturated heterocycles. The molecule has 0 aromatic carbocycles.